The van der Waals surface area contributed by atoms with Gasteiger partial charge < -0.3 is 5.32 Å². The SMILES string of the molecule is CC1NC(c2ccc(CNC(=O)c3ccccc3)cc2)(C2CCCCCCC2)NO1. The standard InChI is InChI=1S/C25H33N3O2/c1-19-27-25(28-30-19,22-12-8-3-2-4-9-13-22)23-16-14-20(15-17-23)18-26-24(29)21-10-6-5-7-11-21/h5-7,10-11,14-17,19,22,27-28H,2-4,8-9,12-13,18H2,1H3,(H,26,29). The van der Waals surface area contributed by atoms with Gasteiger partial charge in [-0.3, -0.25) is 14.9 Å². The monoisotopic (exact) mass is 407 g/mol. The van der Waals surface area contributed by atoms with Gasteiger partial charge in [0.05, 0.1) is 0 Å². The van der Waals surface area contributed by atoms with Crippen molar-refractivity contribution in [1.29, 1.82) is 0 Å². The summed E-state index contributed by atoms with van der Waals surface area (Å²) in [5.74, 6) is 0.443. The highest BCUT2D eigenvalue weighted by atomic mass is 16.7. The van der Waals surface area contributed by atoms with Crippen LogP contribution in [0.5, 0.6) is 0 Å². The Balaban J connectivity index is 1.46. The lowest BCUT2D eigenvalue weighted by atomic mass is 9.78. The molecule has 2 atom stereocenters. The van der Waals surface area contributed by atoms with Crippen LogP contribution in [0.4, 0.5) is 0 Å². The second-order valence-corrected chi connectivity index (χ2v) is 8.60. The minimum absolute atomic E-state index is 0.0275. The fourth-order valence-corrected chi connectivity index (χ4v) is 4.79. The van der Waals surface area contributed by atoms with E-state index in [1.807, 2.05) is 37.3 Å². The minimum Gasteiger partial charge on any atom is -0.348 e. The van der Waals surface area contributed by atoms with E-state index in [9.17, 15) is 4.79 Å². The molecule has 0 spiro atoms. The fourth-order valence-electron chi connectivity index (χ4n) is 4.79. The summed E-state index contributed by atoms with van der Waals surface area (Å²) in [6.45, 7) is 2.56. The highest BCUT2D eigenvalue weighted by Crippen LogP contribution is 2.39. The molecule has 1 saturated heterocycles. The van der Waals surface area contributed by atoms with Crippen molar-refractivity contribution in [3.8, 4) is 0 Å². The molecular weight excluding hydrogens is 374 g/mol. The van der Waals surface area contributed by atoms with Gasteiger partial charge in [0, 0.05) is 12.1 Å². The van der Waals surface area contributed by atoms with E-state index in [0.717, 1.165) is 5.56 Å². The largest absolute Gasteiger partial charge is 0.348 e. The summed E-state index contributed by atoms with van der Waals surface area (Å²) < 4.78 is 0. The van der Waals surface area contributed by atoms with Crippen molar-refractivity contribution in [2.24, 2.45) is 5.92 Å². The van der Waals surface area contributed by atoms with Crippen LogP contribution >= 0.6 is 0 Å². The molecule has 2 aromatic carbocycles. The average Bonchev–Trinajstić information content (AvgIpc) is 3.15. The van der Waals surface area contributed by atoms with Crippen LogP contribution in [-0.2, 0) is 17.0 Å². The Bertz CT molecular complexity index is 816. The van der Waals surface area contributed by atoms with Gasteiger partial charge in [-0.1, -0.05) is 74.6 Å². The number of hydrogen-bond donors (Lipinski definition) is 3. The molecule has 0 radical (unpaired) electrons. The Morgan fingerprint density at radius 2 is 1.67 bits per heavy atom. The van der Waals surface area contributed by atoms with Crippen molar-refractivity contribution >= 4 is 5.91 Å². The molecule has 1 amide bonds. The number of carbonyl (C=O) groups excluding carboxylic acids is 1. The first kappa shape index (κ1) is 21.0. The van der Waals surface area contributed by atoms with Gasteiger partial charge in [-0.25, -0.2) is 0 Å². The molecule has 160 valence electrons. The summed E-state index contributed by atoms with van der Waals surface area (Å²) in [4.78, 5) is 18.1. The quantitative estimate of drug-likeness (QED) is 0.678. The summed E-state index contributed by atoms with van der Waals surface area (Å²) in [5, 5.41) is 6.69. The van der Waals surface area contributed by atoms with E-state index in [-0.39, 0.29) is 17.8 Å². The zero-order valence-electron chi connectivity index (χ0n) is 17.8. The van der Waals surface area contributed by atoms with E-state index < -0.39 is 0 Å². The Labute approximate surface area is 179 Å². The van der Waals surface area contributed by atoms with Crippen LogP contribution in [0.3, 0.4) is 0 Å². The van der Waals surface area contributed by atoms with Crippen LogP contribution in [-0.4, -0.2) is 12.1 Å². The van der Waals surface area contributed by atoms with Gasteiger partial charge in [0.15, 0.2) is 0 Å². The number of benzene rings is 2. The number of carbonyl (C=O) groups is 1. The maximum absolute atomic E-state index is 12.3. The molecule has 1 aliphatic carbocycles. The topological polar surface area (TPSA) is 62.4 Å². The van der Waals surface area contributed by atoms with Crippen LogP contribution in [0.2, 0.25) is 0 Å². The van der Waals surface area contributed by atoms with Crippen molar-refractivity contribution in [2.45, 2.75) is 70.3 Å². The molecule has 0 aromatic heterocycles. The first-order valence-corrected chi connectivity index (χ1v) is 11.3. The molecule has 2 fully saturated rings. The molecule has 30 heavy (non-hydrogen) atoms. The average molecular weight is 408 g/mol. The van der Waals surface area contributed by atoms with Crippen LogP contribution in [0.15, 0.2) is 54.6 Å². The maximum atomic E-state index is 12.3. The highest BCUT2D eigenvalue weighted by Gasteiger charge is 2.45. The lowest BCUT2D eigenvalue weighted by molar-refractivity contribution is 0.00149. The zero-order chi connectivity index (χ0) is 20.8. The predicted octanol–water partition coefficient (Wildman–Crippen LogP) is 4.60. The molecule has 2 aliphatic rings. The number of hydroxylamine groups is 1. The lowest BCUT2D eigenvalue weighted by Crippen LogP contribution is -2.53. The van der Waals surface area contributed by atoms with Crippen LogP contribution < -0.4 is 16.1 Å². The van der Waals surface area contributed by atoms with Gasteiger partial charge in [0.2, 0.25) is 0 Å². The Morgan fingerprint density at radius 1 is 1.00 bits per heavy atom. The third-order valence-corrected chi connectivity index (χ3v) is 6.44. The number of hydrogen-bond acceptors (Lipinski definition) is 4. The number of nitrogens with one attached hydrogen (secondary N) is 3. The third-order valence-electron chi connectivity index (χ3n) is 6.44. The van der Waals surface area contributed by atoms with Crippen molar-refractivity contribution < 1.29 is 9.63 Å². The normalized spacial score (nSPS) is 25.4. The molecule has 1 aliphatic heterocycles. The summed E-state index contributed by atoms with van der Waals surface area (Å²) in [6.07, 6.45) is 8.92. The molecule has 2 unspecified atom stereocenters. The van der Waals surface area contributed by atoms with E-state index in [4.69, 9.17) is 4.84 Å². The van der Waals surface area contributed by atoms with Gasteiger partial charge in [-0.05, 0) is 48.9 Å². The molecule has 5 heteroatoms. The zero-order valence-corrected chi connectivity index (χ0v) is 17.8. The second kappa shape index (κ2) is 9.73. The fraction of sp³-hybridized carbons (Fsp3) is 0.480. The van der Waals surface area contributed by atoms with E-state index in [1.54, 1.807) is 0 Å². The summed E-state index contributed by atoms with van der Waals surface area (Å²) >= 11 is 0. The summed E-state index contributed by atoms with van der Waals surface area (Å²) in [7, 11) is 0. The van der Waals surface area contributed by atoms with Crippen LogP contribution in [0.1, 0.15) is 73.4 Å². The molecule has 0 bridgehead atoms. The Hall–Kier alpha value is -2.21. The van der Waals surface area contributed by atoms with Gasteiger partial charge in [-0.15, -0.1) is 0 Å². The number of rotatable bonds is 5. The first-order valence-electron chi connectivity index (χ1n) is 11.3. The summed E-state index contributed by atoms with van der Waals surface area (Å²) in [5.41, 5.74) is 5.99. The predicted molar refractivity (Wildman–Crippen MR) is 118 cm³/mol. The van der Waals surface area contributed by atoms with E-state index in [0.29, 0.717) is 18.0 Å². The molecule has 1 saturated carbocycles. The molecule has 5 nitrogen and oxygen atoms in total. The van der Waals surface area contributed by atoms with Crippen molar-refractivity contribution in [1.82, 2.24) is 16.1 Å². The maximum Gasteiger partial charge on any atom is 0.251 e. The molecule has 4 rings (SSSR count). The molecule has 1 heterocycles. The summed E-state index contributed by atoms with van der Waals surface area (Å²) in [6, 6.07) is 17.9. The van der Waals surface area contributed by atoms with Crippen molar-refractivity contribution in [3.05, 3.63) is 71.3 Å². The van der Waals surface area contributed by atoms with Gasteiger partial charge in [0.1, 0.15) is 11.9 Å². The minimum atomic E-state index is -0.345. The lowest BCUT2D eigenvalue weighted by Gasteiger charge is -2.38. The number of amides is 1. The molecular formula is C25H33N3O2. The Morgan fingerprint density at radius 3 is 2.30 bits per heavy atom. The second-order valence-electron chi connectivity index (χ2n) is 8.60. The smallest absolute Gasteiger partial charge is 0.251 e. The van der Waals surface area contributed by atoms with E-state index in [1.165, 1.54) is 50.5 Å². The van der Waals surface area contributed by atoms with E-state index in [2.05, 4.69) is 40.4 Å². The van der Waals surface area contributed by atoms with Crippen molar-refractivity contribution in [2.75, 3.05) is 0 Å². The third kappa shape index (κ3) is 4.75. The van der Waals surface area contributed by atoms with Gasteiger partial charge >= 0.3 is 0 Å². The van der Waals surface area contributed by atoms with Crippen molar-refractivity contribution in [3.63, 3.8) is 0 Å². The van der Waals surface area contributed by atoms with Gasteiger partial charge in [-0.2, -0.15) is 5.48 Å². The van der Waals surface area contributed by atoms with Gasteiger partial charge in [0.25, 0.3) is 5.91 Å². The molecule has 2 aromatic rings. The Kier molecular flexibility index (Phi) is 6.82. The first-order chi connectivity index (χ1) is 14.7. The molecule has 3 N–H and O–H groups in total. The van der Waals surface area contributed by atoms with E-state index >= 15 is 0 Å². The van der Waals surface area contributed by atoms with Crippen LogP contribution in [0.25, 0.3) is 0 Å². The van der Waals surface area contributed by atoms with Crippen LogP contribution in [0, 0.1) is 5.92 Å². The highest BCUT2D eigenvalue weighted by molar-refractivity contribution is 5.94.